The Kier molecular flexibility index (Phi) is 6.18. The Labute approximate surface area is 185 Å². The second-order valence-electron chi connectivity index (χ2n) is 7.29. The van der Waals surface area contributed by atoms with Crippen molar-refractivity contribution in [1.82, 2.24) is 4.98 Å². The summed E-state index contributed by atoms with van der Waals surface area (Å²) in [6.45, 7) is 2.22. The zero-order valence-corrected chi connectivity index (χ0v) is 17.8. The monoisotopic (exact) mass is 435 g/mol. The van der Waals surface area contributed by atoms with Crippen molar-refractivity contribution in [3.8, 4) is 5.75 Å². The molecule has 0 fully saturated rings. The van der Waals surface area contributed by atoms with Crippen LogP contribution in [0.5, 0.6) is 5.75 Å². The van der Waals surface area contributed by atoms with Gasteiger partial charge in [0.25, 0.3) is 5.91 Å². The highest BCUT2D eigenvalue weighted by Gasteiger charge is 2.36. The summed E-state index contributed by atoms with van der Waals surface area (Å²) in [5.74, 6) is 0.705. The van der Waals surface area contributed by atoms with Crippen LogP contribution in [0.25, 0.3) is 0 Å². The molecule has 0 bridgehead atoms. The van der Waals surface area contributed by atoms with Crippen LogP contribution in [0.15, 0.2) is 66.9 Å². The number of pyridine rings is 1. The summed E-state index contributed by atoms with van der Waals surface area (Å²) in [4.78, 5) is 31.6. The lowest BCUT2D eigenvalue weighted by atomic mass is 10.1. The van der Waals surface area contributed by atoms with Crippen LogP contribution in [0.3, 0.4) is 0 Å². The van der Waals surface area contributed by atoms with Crippen LogP contribution in [0, 0.1) is 6.92 Å². The number of ether oxygens (including phenoxy) is 1. The molecule has 2 amide bonds. The summed E-state index contributed by atoms with van der Waals surface area (Å²) in [6.07, 6.45) is 1.63. The predicted molar refractivity (Wildman–Crippen MR) is 120 cm³/mol. The number of nitrogens with zero attached hydrogens (tertiary/aromatic N) is 2. The molecule has 2 aromatic carbocycles. The van der Waals surface area contributed by atoms with Crippen LogP contribution >= 0.6 is 11.6 Å². The summed E-state index contributed by atoms with van der Waals surface area (Å²) in [6, 6.07) is 18.3. The standard InChI is InChI=1S/C24H22ClN3O3/c1-16-18(25)10-5-11-19(16)27-21(29)13-7-15-28-23-20(12-6-14-26-23)31-22(24(28)30)17-8-3-2-4-9-17/h2-6,8-12,14,22H,7,13,15H2,1H3,(H,27,29)/t22-/m1/s1. The lowest BCUT2D eigenvalue weighted by Crippen LogP contribution is -2.42. The zero-order chi connectivity index (χ0) is 21.8. The highest BCUT2D eigenvalue weighted by molar-refractivity contribution is 6.31. The summed E-state index contributed by atoms with van der Waals surface area (Å²) >= 11 is 6.12. The number of hydrogen-bond acceptors (Lipinski definition) is 4. The molecule has 6 nitrogen and oxygen atoms in total. The molecule has 158 valence electrons. The van der Waals surface area contributed by atoms with E-state index in [1.807, 2.05) is 43.3 Å². The number of hydrogen-bond donors (Lipinski definition) is 1. The van der Waals surface area contributed by atoms with Crippen molar-refractivity contribution in [1.29, 1.82) is 0 Å². The second-order valence-corrected chi connectivity index (χ2v) is 7.69. The summed E-state index contributed by atoms with van der Waals surface area (Å²) in [5.41, 5.74) is 2.29. The highest BCUT2D eigenvalue weighted by Crippen LogP contribution is 2.37. The van der Waals surface area contributed by atoms with Crippen LogP contribution in [0.4, 0.5) is 11.5 Å². The highest BCUT2D eigenvalue weighted by atomic mass is 35.5. The lowest BCUT2D eigenvalue weighted by Gasteiger charge is -2.33. The molecule has 0 aliphatic carbocycles. The molecule has 1 aromatic heterocycles. The average molecular weight is 436 g/mol. The van der Waals surface area contributed by atoms with Gasteiger partial charge in [0.2, 0.25) is 12.0 Å². The van der Waals surface area contributed by atoms with Crippen LogP contribution < -0.4 is 15.0 Å². The third kappa shape index (κ3) is 4.54. The third-order valence-corrected chi connectivity index (χ3v) is 5.58. The van der Waals surface area contributed by atoms with Crippen molar-refractivity contribution in [2.24, 2.45) is 0 Å². The quantitative estimate of drug-likeness (QED) is 0.596. The van der Waals surface area contributed by atoms with Gasteiger partial charge in [0.1, 0.15) is 0 Å². The van der Waals surface area contributed by atoms with Crippen molar-refractivity contribution < 1.29 is 14.3 Å². The molecule has 7 heteroatoms. The number of carbonyl (C=O) groups excluding carboxylic acids is 2. The summed E-state index contributed by atoms with van der Waals surface area (Å²) in [7, 11) is 0. The molecule has 0 radical (unpaired) electrons. The van der Waals surface area contributed by atoms with Gasteiger partial charge in [-0.2, -0.15) is 0 Å². The molecule has 0 spiro atoms. The van der Waals surface area contributed by atoms with Gasteiger partial charge in [0.15, 0.2) is 11.6 Å². The van der Waals surface area contributed by atoms with E-state index in [1.165, 1.54) is 0 Å². The zero-order valence-electron chi connectivity index (χ0n) is 17.0. The van der Waals surface area contributed by atoms with Crippen LogP contribution in [-0.2, 0) is 9.59 Å². The minimum Gasteiger partial charge on any atom is -0.472 e. The van der Waals surface area contributed by atoms with Gasteiger partial charge >= 0.3 is 0 Å². The molecule has 31 heavy (non-hydrogen) atoms. The molecule has 1 N–H and O–H groups in total. The van der Waals surface area contributed by atoms with E-state index in [0.717, 1.165) is 11.1 Å². The van der Waals surface area contributed by atoms with E-state index in [1.54, 1.807) is 35.4 Å². The maximum atomic E-state index is 13.2. The Hall–Kier alpha value is -3.38. The number of aromatic nitrogens is 1. The fourth-order valence-electron chi connectivity index (χ4n) is 3.51. The average Bonchev–Trinajstić information content (AvgIpc) is 2.79. The van der Waals surface area contributed by atoms with E-state index in [-0.39, 0.29) is 18.2 Å². The molecule has 1 aliphatic rings. The molecule has 0 saturated carbocycles. The first-order valence-corrected chi connectivity index (χ1v) is 10.5. The van der Waals surface area contributed by atoms with Gasteiger partial charge < -0.3 is 10.1 Å². The lowest BCUT2D eigenvalue weighted by molar-refractivity contribution is -0.127. The van der Waals surface area contributed by atoms with Crippen molar-refractivity contribution >= 4 is 34.9 Å². The van der Waals surface area contributed by atoms with Gasteiger partial charge in [-0.25, -0.2) is 4.98 Å². The largest absolute Gasteiger partial charge is 0.472 e. The van der Waals surface area contributed by atoms with E-state index >= 15 is 0 Å². The Bertz CT molecular complexity index is 1100. The Balaban J connectivity index is 1.45. The third-order valence-electron chi connectivity index (χ3n) is 5.17. The molecule has 2 heterocycles. The maximum Gasteiger partial charge on any atom is 0.274 e. The molecule has 1 atom stereocenters. The number of benzene rings is 2. The van der Waals surface area contributed by atoms with Gasteiger partial charge in [-0.05, 0) is 43.2 Å². The van der Waals surface area contributed by atoms with Gasteiger partial charge in [0, 0.05) is 35.4 Å². The molecular formula is C24H22ClN3O3. The first kappa shape index (κ1) is 20.9. The minimum atomic E-state index is -0.735. The van der Waals surface area contributed by atoms with Crippen molar-refractivity contribution in [2.45, 2.75) is 25.9 Å². The normalized spacial score (nSPS) is 15.2. The van der Waals surface area contributed by atoms with Crippen LogP contribution in [-0.4, -0.2) is 23.3 Å². The van der Waals surface area contributed by atoms with Gasteiger partial charge in [0.05, 0.1) is 0 Å². The van der Waals surface area contributed by atoms with Gasteiger partial charge in [-0.3, -0.25) is 14.5 Å². The van der Waals surface area contributed by atoms with Gasteiger partial charge in [-0.1, -0.05) is 48.0 Å². The fraction of sp³-hybridized carbons (Fsp3) is 0.208. The van der Waals surface area contributed by atoms with Crippen molar-refractivity contribution in [2.75, 3.05) is 16.8 Å². The molecule has 1 aliphatic heterocycles. The van der Waals surface area contributed by atoms with E-state index < -0.39 is 6.10 Å². The van der Waals surface area contributed by atoms with Crippen molar-refractivity contribution in [3.63, 3.8) is 0 Å². The summed E-state index contributed by atoms with van der Waals surface area (Å²) in [5, 5.41) is 3.49. The van der Waals surface area contributed by atoms with E-state index in [4.69, 9.17) is 16.3 Å². The molecular weight excluding hydrogens is 414 g/mol. The number of fused-ring (bicyclic) bond motifs is 1. The van der Waals surface area contributed by atoms with Crippen molar-refractivity contribution in [3.05, 3.63) is 83.0 Å². The van der Waals surface area contributed by atoms with E-state index in [2.05, 4.69) is 10.3 Å². The number of anilines is 2. The topological polar surface area (TPSA) is 71.5 Å². The SMILES string of the molecule is Cc1c(Cl)cccc1NC(=O)CCCN1C(=O)[C@@H](c2ccccc2)Oc2cccnc21. The number of nitrogens with one attached hydrogen (secondary N) is 1. The Morgan fingerprint density at radius 1 is 1.13 bits per heavy atom. The molecule has 4 rings (SSSR count). The maximum absolute atomic E-state index is 13.2. The second kappa shape index (κ2) is 9.18. The first-order chi connectivity index (χ1) is 15.0. The summed E-state index contributed by atoms with van der Waals surface area (Å²) < 4.78 is 5.95. The number of halogens is 1. The van der Waals surface area contributed by atoms with E-state index in [0.29, 0.717) is 35.2 Å². The van der Waals surface area contributed by atoms with Gasteiger partial charge in [-0.15, -0.1) is 0 Å². The number of amides is 2. The van der Waals surface area contributed by atoms with Crippen LogP contribution in [0.2, 0.25) is 5.02 Å². The Morgan fingerprint density at radius 2 is 1.94 bits per heavy atom. The molecule has 0 saturated heterocycles. The number of carbonyl (C=O) groups is 2. The number of rotatable bonds is 6. The first-order valence-electron chi connectivity index (χ1n) is 10.1. The Morgan fingerprint density at radius 3 is 2.74 bits per heavy atom. The fourth-order valence-corrected chi connectivity index (χ4v) is 3.68. The predicted octanol–water partition coefficient (Wildman–Crippen LogP) is 4.93. The smallest absolute Gasteiger partial charge is 0.274 e. The molecule has 3 aromatic rings. The van der Waals surface area contributed by atoms with Crippen LogP contribution in [0.1, 0.15) is 30.1 Å². The molecule has 0 unspecified atom stereocenters. The van der Waals surface area contributed by atoms with E-state index in [9.17, 15) is 9.59 Å². The minimum absolute atomic E-state index is 0.132.